The molecule has 2 amide bonds. The fourth-order valence-electron chi connectivity index (χ4n) is 3.93. The molecule has 0 spiro atoms. The zero-order valence-corrected chi connectivity index (χ0v) is 15.6. The van der Waals surface area contributed by atoms with Crippen LogP contribution in [0.5, 0.6) is 5.75 Å². The Hall–Kier alpha value is -2.74. The van der Waals surface area contributed by atoms with Crippen LogP contribution in [0.25, 0.3) is 0 Å². The molecular weight excluding hydrogens is 346 g/mol. The number of nitrogens with one attached hydrogen (secondary N) is 2. The van der Waals surface area contributed by atoms with Gasteiger partial charge in [0.2, 0.25) is 6.41 Å². The predicted molar refractivity (Wildman–Crippen MR) is 101 cm³/mol. The monoisotopic (exact) mass is 371 g/mol. The van der Waals surface area contributed by atoms with Crippen LogP contribution in [0.2, 0.25) is 0 Å². The number of carbonyl (C=O) groups is 2. The van der Waals surface area contributed by atoms with Gasteiger partial charge in [-0.25, -0.2) is 0 Å². The van der Waals surface area contributed by atoms with Crippen molar-refractivity contribution in [1.29, 1.82) is 0 Å². The summed E-state index contributed by atoms with van der Waals surface area (Å²) in [6, 6.07) is 2.07. The van der Waals surface area contributed by atoms with Crippen molar-refractivity contribution in [3.63, 3.8) is 0 Å². The quantitative estimate of drug-likeness (QED) is 0.779. The second-order valence-corrected chi connectivity index (χ2v) is 7.08. The number of H-pyrrole nitrogens is 1. The SMILES string of the molecule is CNC1C=C(N2CCOc3cc(C(=O)N4CCC[C@H]4C)[nH]c32)C=CN1C=O. The number of allylic oxidation sites excluding steroid dienone is 1. The first-order valence-corrected chi connectivity index (χ1v) is 9.36. The number of ether oxygens (including phenoxy) is 1. The third kappa shape index (κ3) is 3.10. The summed E-state index contributed by atoms with van der Waals surface area (Å²) in [6.07, 6.45) is 8.29. The Kier molecular flexibility index (Phi) is 4.65. The number of fused-ring (bicyclic) bond motifs is 1. The minimum absolute atomic E-state index is 0.0198. The molecule has 144 valence electrons. The van der Waals surface area contributed by atoms with Crippen LogP contribution in [-0.2, 0) is 4.79 Å². The number of aromatic nitrogens is 1. The molecule has 4 rings (SSSR count). The van der Waals surface area contributed by atoms with Gasteiger partial charge in [-0.15, -0.1) is 0 Å². The molecule has 8 heteroatoms. The van der Waals surface area contributed by atoms with Crippen molar-refractivity contribution in [3.8, 4) is 5.75 Å². The van der Waals surface area contributed by atoms with Gasteiger partial charge in [0.15, 0.2) is 11.6 Å². The Labute approximate surface area is 158 Å². The molecule has 1 aromatic heterocycles. The molecule has 2 N–H and O–H groups in total. The van der Waals surface area contributed by atoms with Gasteiger partial charge < -0.3 is 24.4 Å². The number of likely N-dealkylation sites (N-methyl/N-ethyl adjacent to an activating group) is 1. The molecule has 0 radical (unpaired) electrons. The molecule has 0 aliphatic carbocycles. The molecule has 1 aromatic rings. The maximum atomic E-state index is 12.9. The topological polar surface area (TPSA) is 80.9 Å². The molecule has 0 bridgehead atoms. The summed E-state index contributed by atoms with van der Waals surface area (Å²) in [7, 11) is 1.81. The third-order valence-electron chi connectivity index (χ3n) is 5.44. The van der Waals surface area contributed by atoms with Crippen molar-refractivity contribution in [2.45, 2.75) is 32.0 Å². The molecular formula is C19H25N5O3. The van der Waals surface area contributed by atoms with Crippen molar-refractivity contribution in [3.05, 3.63) is 35.8 Å². The summed E-state index contributed by atoms with van der Waals surface area (Å²) in [5.41, 5.74) is 1.51. The largest absolute Gasteiger partial charge is 0.488 e. The predicted octanol–water partition coefficient (Wildman–Crippen LogP) is 1.25. The highest BCUT2D eigenvalue weighted by atomic mass is 16.5. The lowest BCUT2D eigenvalue weighted by Gasteiger charge is -2.34. The fraction of sp³-hybridized carbons (Fsp3) is 0.474. The van der Waals surface area contributed by atoms with Gasteiger partial charge >= 0.3 is 0 Å². The smallest absolute Gasteiger partial charge is 0.270 e. The average Bonchev–Trinajstić information content (AvgIpc) is 3.32. The molecule has 0 saturated carbocycles. The van der Waals surface area contributed by atoms with E-state index in [1.54, 1.807) is 17.2 Å². The maximum absolute atomic E-state index is 12.9. The van der Waals surface area contributed by atoms with Gasteiger partial charge in [0.1, 0.15) is 18.5 Å². The average molecular weight is 371 g/mol. The Morgan fingerprint density at radius 1 is 1.41 bits per heavy atom. The molecule has 4 heterocycles. The van der Waals surface area contributed by atoms with Crippen LogP contribution in [0, 0.1) is 0 Å². The zero-order valence-electron chi connectivity index (χ0n) is 15.6. The van der Waals surface area contributed by atoms with Crippen molar-refractivity contribution < 1.29 is 14.3 Å². The van der Waals surface area contributed by atoms with Crippen molar-refractivity contribution in [2.75, 3.05) is 31.6 Å². The first-order valence-electron chi connectivity index (χ1n) is 9.36. The summed E-state index contributed by atoms with van der Waals surface area (Å²) in [5, 5.41) is 3.10. The standard InChI is InChI=1S/C19H25N5O3/c1-13-4-3-6-23(13)19(26)15-11-16-18(21-15)24(8-9-27-16)14-5-7-22(12-25)17(10-14)20-2/h5,7,10-13,17,20-21H,3-4,6,8-9H2,1-2H3/t13-,17?/m1/s1. The highest BCUT2D eigenvalue weighted by molar-refractivity contribution is 5.94. The maximum Gasteiger partial charge on any atom is 0.270 e. The summed E-state index contributed by atoms with van der Waals surface area (Å²) >= 11 is 0. The van der Waals surface area contributed by atoms with E-state index in [0.29, 0.717) is 24.6 Å². The summed E-state index contributed by atoms with van der Waals surface area (Å²) in [5.74, 6) is 1.48. The fourth-order valence-corrected chi connectivity index (χ4v) is 3.93. The Balaban J connectivity index is 1.61. The van der Waals surface area contributed by atoms with Gasteiger partial charge in [-0.3, -0.25) is 14.9 Å². The first-order chi connectivity index (χ1) is 13.1. The van der Waals surface area contributed by atoms with Gasteiger partial charge in [-0.1, -0.05) is 0 Å². The van der Waals surface area contributed by atoms with E-state index in [2.05, 4.69) is 22.1 Å². The van der Waals surface area contributed by atoms with E-state index in [4.69, 9.17) is 4.74 Å². The van der Waals surface area contributed by atoms with Crippen LogP contribution >= 0.6 is 0 Å². The second kappa shape index (κ2) is 7.11. The molecule has 0 aromatic carbocycles. The van der Waals surface area contributed by atoms with Crippen LogP contribution in [0.3, 0.4) is 0 Å². The second-order valence-electron chi connectivity index (χ2n) is 7.08. The first kappa shape index (κ1) is 17.7. The number of hydrogen-bond acceptors (Lipinski definition) is 5. The van der Waals surface area contributed by atoms with Crippen molar-refractivity contribution in [1.82, 2.24) is 20.1 Å². The van der Waals surface area contributed by atoms with Gasteiger partial charge in [0.25, 0.3) is 5.91 Å². The molecule has 1 fully saturated rings. The molecule has 3 aliphatic heterocycles. The summed E-state index contributed by atoms with van der Waals surface area (Å²) in [4.78, 5) is 32.9. The van der Waals surface area contributed by atoms with E-state index >= 15 is 0 Å². The zero-order chi connectivity index (χ0) is 19.0. The van der Waals surface area contributed by atoms with E-state index in [-0.39, 0.29) is 18.1 Å². The number of likely N-dealkylation sites (tertiary alicyclic amines) is 1. The summed E-state index contributed by atoms with van der Waals surface area (Å²) in [6.45, 7) is 4.08. The van der Waals surface area contributed by atoms with Gasteiger partial charge in [0, 0.05) is 30.5 Å². The minimum Gasteiger partial charge on any atom is -0.488 e. The van der Waals surface area contributed by atoms with Gasteiger partial charge in [-0.2, -0.15) is 0 Å². The third-order valence-corrected chi connectivity index (χ3v) is 5.44. The minimum atomic E-state index is -0.213. The van der Waals surface area contributed by atoms with Gasteiger partial charge in [-0.05, 0) is 39.0 Å². The van der Waals surface area contributed by atoms with E-state index < -0.39 is 0 Å². The Morgan fingerprint density at radius 2 is 2.26 bits per heavy atom. The lowest BCUT2D eigenvalue weighted by molar-refractivity contribution is -0.117. The van der Waals surface area contributed by atoms with E-state index in [0.717, 1.165) is 37.3 Å². The van der Waals surface area contributed by atoms with Crippen molar-refractivity contribution in [2.24, 2.45) is 0 Å². The lowest BCUT2D eigenvalue weighted by atomic mass is 10.2. The van der Waals surface area contributed by atoms with Crippen LogP contribution in [0.4, 0.5) is 5.82 Å². The lowest BCUT2D eigenvalue weighted by Crippen LogP contribution is -2.42. The molecule has 3 aliphatic rings. The van der Waals surface area contributed by atoms with E-state index in [1.165, 1.54) is 0 Å². The highest BCUT2D eigenvalue weighted by Gasteiger charge is 2.31. The number of aromatic amines is 1. The number of carbonyl (C=O) groups excluding carboxylic acids is 2. The summed E-state index contributed by atoms with van der Waals surface area (Å²) < 4.78 is 5.78. The van der Waals surface area contributed by atoms with Crippen LogP contribution < -0.4 is 15.0 Å². The normalized spacial score (nSPS) is 24.5. The number of rotatable bonds is 4. The highest BCUT2D eigenvalue weighted by Crippen LogP contribution is 2.36. The van der Waals surface area contributed by atoms with Gasteiger partial charge in [0.05, 0.1) is 6.54 Å². The van der Waals surface area contributed by atoms with Crippen LogP contribution in [-0.4, -0.2) is 66.1 Å². The van der Waals surface area contributed by atoms with E-state index in [1.807, 2.05) is 24.1 Å². The molecule has 8 nitrogen and oxygen atoms in total. The Bertz CT molecular complexity index is 799. The number of hydrogen-bond donors (Lipinski definition) is 2. The molecule has 1 unspecified atom stereocenters. The van der Waals surface area contributed by atoms with Crippen molar-refractivity contribution >= 4 is 18.1 Å². The molecule has 27 heavy (non-hydrogen) atoms. The number of amides is 2. The number of anilines is 1. The number of nitrogens with zero attached hydrogens (tertiary/aromatic N) is 3. The van der Waals surface area contributed by atoms with Crippen LogP contribution in [0.15, 0.2) is 30.1 Å². The molecule has 1 saturated heterocycles. The Morgan fingerprint density at radius 3 is 2.96 bits per heavy atom. The van der Waals surface area contributed by atoms with Crippen LogP contribution in [0.1, 0.15) is 30.3 Å². The molecule has 2 atom stereocenters. The van der Waals surface area contributed by atoms with E-state index in [9.17, 15) is 9.59 Å².